The molecule has 2 rings (SSSR count). The van der Waals surface area contributed by atoms with Gasteiger partial charge in [-0.2, -0.15) is 0 Å². The molecule has 0 saturated carbocycles. The fourth-order valence-electron chi connectivity index (χ4n) is 1.28. The Balaban J connectivity index is 2.60. The lowest BCUT2D eigenvalue weighted by Crippen LogP contribution is -1.95. The Morgan fingerprint density at radius 3 is 2.46 bits per heavy atom. The summed E-state index contributed by atoms with van der Waals surface area (Å²) in [5.74, 6) is 0. The van der Waals surface area contributed by atoms with Gasteiger partial charge < -0.3 is 0 Å². The van der Waals surface area contributed by atoms with Crippen LogP contribution in [0.25, 0.3) is 0 Å². The topological polar surface area (TPSA) is 24.7 Å². The average Bonchev–Trinajstić information content (AvgIpc) is 2.20. The number of para-hydroxylation sites is 2. The highest BCUT2D eigenvalue weighted by Crippen LogP contribution is 2.30. The molecule has 1 heterocycles. The number of fused-ring (bicyclic) bond motifs is 1. The van der Waals surface area contributed by atoms with E-state index < -0.39 is 0 Å². The minimum absolute atomic E-state index is 0.603. The Kier molecular flexibility index (Phi) is 2.15. The van der Waals surface area contributed by atoms with Crippen LogP contribution in [0.15, 0.2) is 34.3 Å². The average molecular weight is 193 g/mol. The Morgan fingerprint density at radius 1 is 1.15 bits per heavy atom. The third-order valence-electron chi connectivity index (χ3n) is 1.84. The summed E-state index contributed by atoms with van der Waals surface area (Å²) in [6.07, 6.45) is 0.649. The fourth-order valence-corrected chi connectivity index (χ4v) is 1.56. The van der Waals surface area contributed by atoms with Gasteiger partial charge in [0.1, 0.15) is 5.17 Å². The summed E-state index contributed by atoms with van der Waals surface area (Å²) >= 11 is 5.91. The van der Waals surface area contributed by atoms with E-state index in [4.69, 9.17) is 11.6 Å². The van der Waals surface area contributed by atoms with Crippen LogP contribution in [0, 0.1) is 0 Å². The lowest BCUT2D eigenvalue weighted by atomic mass is 10.3. The van der Waals surface area contributed by atoms with Crippen LogP contribution in [-0.2, 0) is 0 Å². The van der Waals surface area contributed by atoms with Gasteiger partial charge >= 0.3 is 0 Å². The third kappa shape index (κ3) is 1.78. The summed E-state index contributed by atoms with van der Waals surface area (Å²) in [6, 6.07) is 7.74. The van der Waals surface area contributed by atoms with Crippen molar-refractivity contribution < 1.29 is 0 Å². The van der Waals surface area contributed by atoms with E-state index in [0.717, 1.165) is 17.1 Å². The van der Waals surface area contributed by atoms with Crippen molar-refractivity contribution in [2.75, 3.05) is 0 Å². The number of aliphatic imine (C=N–C) groups is 2. The summed E-state index contributed by atoms with van der Waals surface area (Å²) in [4.78, 5) is 8.67. The molecule has 0 radical (unpaired) electrons. The van der Waals surface area contributed by atoms with Gasteiger partial charge in [0.15, 0.2) is 0 Å². The van der Waals surface area contributed by atoms with E-state index in [-0.39, 0.29) is 0 Å². The van der Waals surface area contributed by atoms with Crippen molar-refractivity contribution in [1.29, 1.82) is 0 Å². The summed E-state index contributed by atoms with van der Waals surface area (Å²) in [5.41, 5.74) is 2.75. The number of hydrogen-bond acceptors (Lipinski definition) is 2. The number of nitrogens with zero attached hydrogens (tertiary/aromatic N) is 2. The van der Waals surface area contributed by atoms with E-state index in [9.17, 15) is 0 Å². The standard InChI is InChI=1S/C10H9ClN2/c1-7-6-10(11)13-9-5-3-2-4-8(9)12-7/h2-5H,6H2,1H3. The number of benzene rings is 1. The van der Waals surface area contributed by atoms with Crippen molar-refractivity contribution in [3.05, 3.63) is 24.3 Å². The molecule has 0 amide bonds. The van der Waals surface area contributed by atoms with Crippen molar-refractivity contribution in [1.82, 2.24) is 0 Å². The third-order valence-corrected chi connectivity index (χ3v) is 2.05. The first-order valence-electron chi connectivity index (χ1n) is 4.12. The van der Waals surface area contributed by atoms with Gasteiger partial charge in [-0.3, -0.25) is 4.99 Å². The first-order chi connectivity index (χ1) is 6.25. The molecule has 1 aromatic rings. The minimum atomic E-state index is 0.603. The molecule has 1 aromatic carbocycles. The predicted molar refractivity (Wildman–Crippen MR) is 56.8 cm³/mol. The molecule has 13 heavy (non-hydrogen) atoms. The van der Waals surface area contributed by atoms with Crippen LogP contribution in [0.1, 0.15) is 13.3 Å². The van der Waals surface area contributed by atoms with Gasteiger partial charge in [-0.05, 0) is 19.1 Å². The van der Waals surface area contributed by atoms with Gasteiger partial charge in [0.05, 0.1) is 11.4 Å². The van der Waals surface area contributed by atoms with Gasteiger partial charge in [0.25, 0.3) is 0 Å². The lowest BCUT2D eigenvalue weighted by Gasteiger charge is -1.96. The van der Waals surface area contributed by atoms with Crippen LogP contribution in [0.3, 0.4) is 0 Å². The van der Waals surface area contributed by atoms with Crippen molar-refractivity contribution in [3.63, 3.8) is 0 Å². The molecule has 3 heteroatoms. The van der Waals surface area contributed by atoms with Gasteiger partial charge in [-0.1, -0.05) is 23.7 Å². The van der Waals surface area contributed by atoms with Gasteiger partial charge in [0.2, 0.25) is 0 Å². The molecule has 0 aromatic heterocycles. The number of halogens is 1. The summed E-state index contributed by atoms with van der Waals surface area (Å²) in [7, 11) is 0. The maximum Gasteiger partial charge on any atom is 0.112 e. The fraction of sp³-hybridized carbons (Fsp3) is 0.200. The second-order valence-corrected chi connectivity index (χ2v) is 3.44. The zero-order valence-electron chi connectivity index (χ0n) is 7.29. The SMILES string of the molecule is CC1=Nc2ccccc2N=C(Cl)C1. The minimum Gasteiger partial charge on any atom is -0.255 e. The lowest BCUT2D eigenvalue weighted by molar-refractivity contribution is 1.45. The second-order valence-electron chi connectivity index (χ2n) is 3.00. The van der Waals surface area contributed by atoms with Gasteiger partial charge in [-0.25, -0.2) is 4.99 Å². The summed E-state index contributed by atoms with van der Waals surface area (Å²) < 4.78 is 0. The monoisotopic (exact) mass is 192 g/mol. The maximum absolute atomic E-state index is 5.91. The van der Waals surface area contributed by atoms with Gasteiger partial charge in [-0.15, -0.1) is 0 Å². The highest BCUT2D eigenvalue weighted by molar-refractivity contribution is 6.67. The first kappa shape index (κ1) is 8.45. The van der Waals surface area contributed by atoms with E-state index >= 15 is 0 Å². The zero-order chi connectivity index (χ0) is 9.26. The predicted octanol–water partition coefficient (Wildman–Crippen LogP) is 3.45. The van der Waals surface area contributed by atoms with Crippen LogP contribution < -0.4 is 0 Å². The molecular weight excluding hydrogens is 184 g/mol. The molecule has 0 fully saturated rings. The molecule has 0 spiro atoms. The quantitative estimate of drug-likeness (QED) is 0.602. The molecule has 66 valence electrons. The molecule has 1 aliphatic heterocycles. The molecule has 0 bridgehead atoms. The Hall–Kier alpha value is -1.15. The van der Waals surface area contributed by atoms with Crippen LogP contribution in [-0.4, -0.2) is 10.9 Å². The molecular formula is C10H9ClN2. The molecule has 0 atom stereocenters. The summed E-state index contributed by atoms with van der Waals surface area (Å²) in [6.45, 7) is 1.96. The zero-order valence-corrected chi connectivity index (χ0v) is 8.04. The van der Waals surface area contributed by atoms with Crippen molar-refractivity contribution in [2.24, 2.45) is 9.98 Å². The Morgan fingerprint density at radius 2 is 1.77 bits per heavy atom. The molecule has 0 unspecified atom stereocenters. The normalized spacial score (nSPS) is 15.5. The van der Waals surface area contributed by atoms with Crippen LogP contribution in [0.4, 0.5) is 11.4 Å². The van der Waals surface area contributed by atoms with Crippen molar-refractivity contribution in [3.8, 4) is 0 Å². The first-order valence-corrected chi connectivity index (χ1v) is 4.50. The second kappa shape index (κ2) is 3.30. The van der Waals surface area contributed by atoms with E-state index in [2.05, 4.69) is 9.98 Å². The number of rotatable bonds is 0. The van der Waals surface area contributed by atoms with Gasteiger partial charge in [0, 0.05) is 12.1 Å². The van der Waals surface area contributed by atoms with E-state index in [1.54, 1.807) is 0 Å². The van der Waals surface area contributed by atoms with E-state index in [0.29, 0.717) is 11.6 Å². The molecule has 2 nitrogen and oxygen atoms in total. The van der Waals surface area contributed by atoms with E-state index in [1.165, 1.54) is 0 Å². The Bertz CT molecular complexity index is 357. The molecule has 0 aliphatic carbocycles. The largest absolute Gasteiger partial charge is 0.255 e. The maximum atomic E-state index is 5.91. The van der Waals surface area contributed by atoms with Crippen LogP contribution in [0.2, 0.25) is 0 Å². The highest BCUT2D eigenvalue weighted by Gasteiger charge is 2.07. The highest BCUT2D eigenvalue weighted by atomic mass is 35.5. The molecule has 1 aliphatic rings. The Labute approximate surface area is 82.0 Å². The van der Waals surface area contributed by atoms with Crippen molar-refractivity contribution in [2.45, 2.75) is 13.3 Å². The molecule has 0 N–H and O–H groups in total. The van der Waals surface area contributed by atoms with Crippen LogP contribution >= 0.6 is 11.6 Å². The van der Waals surface area contributed by atoms with E-state index in [1.807, 2.05) is 31.2 Å². The summed E-state index contributed by atoms with van der Waals surface area (Å²) in [5, 5.41) is 0.603. The molecule has 0 saturated heterocycles. The number of hydrogen-bond donors (Lipinski definition) is 0. The van der Waals surface area contributed by atoms with Crippen molar-refractivity contribution >= 4 is 33.9 Å². The van der Waals surface area contributed by atoms with Crippen LogP contribution in [0.5, 0.6) is 0 Å². The smallest absolute Gasteiger partial charge is 0.112 e.